The molecule has 0 spiro atoms. The Morgan fingerprint density at radius 2 is 0.963 bits per heavy atom. The number of hydrogen-bond donors (Lipinski definition) is 0. The van der Waals surface area contributed by atoms with Gasteiger partial charge in [0.25, 0.3) is 20.0 Å². The van der Waals surface area contributed by atoms with Crippen LogP contribution in [0.5, 0.6) is 0 Å². The Bertz CT molecular complexity index is 1020. The molecular weight excluding hydrogens is 402 g/mol. The van der Waals surface area contributed by atoms with E-state index in [4.69, 9.17) is 0 Å². The largest absolute Gasteiger partial charge is 0.257 e. The van der Waals surface area contributed by atoms with E-state index in [1.54, 1.807) is 48.5 Å². The Labute approximate surface area is 163 Å². The summed E-state index contributed by atoms with van der Waals surface area (Å²) in [7, 11) is -8.51. The van der Waals surface area contributed by atoms with Crippen molar-refractivity contribution in [1.82, 2.24) is 3.71 Å². The Morgan fingerprint density at radius 3 is 1.37 bits per heavy atom. The summed E-state index contributed by atoms with van der Waals surface area (Å²) in [5.74, 6) is -0.265. The van der Waals surface area contributed by atoms with Gasteiger partial charge in [-0.25, -0.2) is 16.8 Å². The Morgan fingerprint density at radius 1 is 0.593 bits per heavy atom. The van der Waals surface area contributed by atoms with Crippen LogP contribution in [0.3, 0.4) is 0 Å². The highest BCUT2D eigenvalue weighted by molar-refractivity contribution is 8.06. The van der Waals surface area contributed by atoms with Crippen LogP contribution in [0.15, 0.2) is 106 Å². The van der Waals surface area contributed by atoms with Gasteiger partial charge in [-0.3, -0.25) is 0 Å². The first kappa shape index (κ1) is 19.6. The highest BCUT2D eigenvalue weighted by Crippen LogP contribution is 2.29. The first-order chi connectivity index (χ1) is 12.9. The van der Waals surface area contributed by atoms with Gasteiger partial charge in [-0.15, -0.1) is 11.8 Å². The van der Waals surface area contributed by atoms with Gasteiger partial charge in [0.1, 0.15) is 0 Å². The molecule has 140 valence electrons. The van der Waals surface area contributed by atoms with Crippen LogP contribution < -0.4 is 0 Å². The van der Waals surface area contributed by atoms with Crippen molar-refractivity contribution in [3.8, 4) is 0 Å². The molecule has 0 aliphatic heterocycles. The van der Waals surface area contributed by atoms with Gasteiger partial charge in [0.15, 0.2) is 0 Å². The molecule has 0 N–H and O–H groups in total. The summed E-state index contributed by atoms with van der Waals surface area (Å²) in [6.45, 7) is 0. The van der Waals surface area contributed by atoms with Crippen LogP contribution in [0.4, 0.5) is 0 Å². The van der Waals surface area contributed by atoms with E-state index in [-0.39, 0.29) is 15.7 Å². The van der Waals surface area contributed by atoms with E-state index < -0.39 is 20.0 Å². The number of rotatable bonds is 7. The van der Waals surface area contributed by atoms with Crippen LogP contribution in [0.2, 0.25) is 0 Å². The molecule has 0 radical (unpaired) electrons. The van der Waals surface area contributed by atoms with E-state index in [1.807, 2.05) is 18.2 Å². The fourth-order valence-electron chi connectivity index (χ4n) is 2.33. The Balaban J connectivity index is 2.04. The minimum absolute atomic E-state index is 0.0711. The third-order valence-electron chi connectivity index (χ3n) is 3.70. The maximum atomic E-state index is 13.1. The lowest BCUT2D eigenvalue weighted by Crippen LogP contribution is -2.36. The lowest BCUT2D eigenvalue weighted by atomic mass is 10.4. The highest BCUT2D eigenvalue weighted by atomic mass is 32.3. The van der Waals surface area contributed by atoms with Gasteiger partial charge in [-0.2, -0.15) is 0 Å². The quantitative estimate of drug-likeness (QED) is 0.430. The maximum Gasteiger partial charge on any atom is 0.257 e. The topological polar surface area (TPSA) is 71.5 Å². The number of hydrogen-bond acceptors (Lipinski definition) is 5. The summed E-state index contributed by atoms with van der Waals surface area (Å²) in [5, 5.41) is 0. The monoisotopic (exact) mass is 419 g/mol. The SMILES string of the molecule is O=S(=O)(c1ccccc1)N(CSc1ccccc1)S(=O)(=O)c1ccccc1. The van der Waals surface area contributed by atoms with E-state index >= 15 is 0 Å². The van der Waals surface area contributed by atoms with Crippen molar-refractivity contribution in [2.24, 2.45) is 0 Å². The minimum Gasteiger partial charge on any atom is -0.206 e. The molecule has 0 aliphatic rings. The lowest BCUT2D eigenvalue weighted by Gasteiger charge is -2.21. The van der Waals surface area contributed by atoms with Crippen LogP contribution in [0.1, 0.15) is 0 Å². The van der Waals surface area contributed by atoms with Crippen LogP contribution in [0, 0.1) is 0 Å². The normalized spacial score (nSPS) is 12.2. The van der Waals surface area contributed by atoms with Gasteiger partial charge in [0, 0.05) is 4.90 Å². The summed E-state index contributed by atoms with van der Waals surface area (Å²) in [4.78, 5) is 0.630. The fraction of sp³-hybridized carbons (Fsp3) is 0.0526. The third-order valence-corrected chi connectivity index (χ3v) is 9.26. The second-order valence-corrected chi connectivity index (χ2v) is 10.5. The van der Waals surface area contributed by atoms with E-state index in [0.29, 0.717) is 3.71 Å². The molecule has 0 saturated heterocycles. The average Bonchev–Trinajstić information content (AvgIpc) is 2.70. The van der Waals surface area contributed by atoms with E-state index in [0.717, 1.165) is 16.7 Å². The smallest absolute Gasteiger partial charge is 0.206 e. The van der Waals surface area contributed by atoms with E-state index in [1.165, 1.54) is 24.3 Å². The maximum absolute atomic E-state index is 13.1. The second kappa shape index (κ2) is 8.26. The predicted molar refractivity (Wildman–Crippen MR) is 106 cm³/mol. The molecule has 3 aromatic rings. The first-order valence-electron chi connectivity index (χ1n) is 7.98. The number of thioether (sulfide) groups is 1. The zero-order chi connectivity index (χ0) is 19.3. The van der Waals surface area contributed by atoms with Gasteiger partial charge in [-0.1, -0.05) is 58.3 Å². The molecular formula is C19H17NO4S3. The minimum atomic E-state index is -4.25. The predicted octanol–water partition coefficient (Wildman–Crippen LogP) is 3.82. The molecule has 0 amide bonds. The fourth-order valence-corrected chi connectivity index (χ4v) is 7.38. The standard InChI is InChI=1S/C19H17NO4S3/c21-26(22,18-12-6-2-7-13-18)20(16-25-17-10-4-1-5-11-17)27(23,24)19-14-8-3-9-15-19/h1-15H,16H2. The lowest BCUT2D eigenvalue weighted by molar-refractivity contribution is 0.521. The van der Waals surface area contributed by atoms with E-state index in [9.17, 15) is 16.8 Å². The van der Waals surface area contributed by atoms with Crippen LogP contribution in [-0.2, 0) is 20.0 Å². The summed E-state index contributed by atoms with van der Waals surface area (Å²) in [5.41, 5.74) is 0. The molecule has 27 heavy (non-hydrogen) atoms. The van der Waals surface area contributed by atoms with Gasteiger partial charge in [0.05, 0.1) is 15.7 Å². The molecule has 3 rings (SSSR count). The summed E-state index contributed by atoms with van der Waals surface area (Å²) in [6.07, 6.45) is 0. The summed E-state index contributed by atoms with van der Waals surface area (Å²) < 4.78 is 53.0. The van der Waals surface area contributed by atoms with Crippen molar-refractivity contribution in [3.05, 3.63) is 91.0 Å². The zero-order valence-corrected chi connectivity index (χ0v) is 16.6. The van der Waals surface area contributed by atoms with Crippen molar-refractivity contribution in [2.75, 3.05) is 5.88 Å². The van der Waals surface area contributed by atoms with Crippen LogP contribution in [0.25, 0.3) is 0 Å². The molecule has 0 fully saturated rings. The summed E-state index contributed by atoms with van der Waals surface area (Å²) >= 11 is 1.14. The molecule has 0 heterocycles. The molecule has 0 aliphatic carbocycles. The Kier molecular flexibility index (Phi) is 6.01. The molecule has 0 aromatic heterocycles. The van der Waals surface area contributed by atoms with Crippen LogP contribution in [-0.4, -0.2) is 26.4 Å². The van der Waals surface area contributed by atoms with Gasteiger partial charge in [0.2, 0.25) is 0 Å². The molecule has 0 unspecified atom stereocenters. The van der Waals surface area contributed by atoms with Gasteiger partial charge < -0.3 is 0 Å². The number of benzene rings is 3. The highest BCUT2D eigenvalue weighted by Gasteiger charge is 2.36. The van der Waals surface area contributed by atoms with Crippen molar-refractivity contribution in [2.45, 2.75) is 14.7 Å². The van der Waals surface area contributed by atoms with Crippen molar-refractivity contribution >= 4 is 31.8 Å². The van der Waals surface area contributed by atoms with Crippen LogP contribution >= 0.6 is 11.8 Å². The molecule has 3 aromatic carbocycles. The molecule has 8 heteroatoms. The zero-order valence-electron chi connectivity index (χ0n) is 14.2. The first-order valence-corrected chi connectivity index (χ1v) is 11.8. The molecule has 0 atom stereocenters. The second-order valence-electron chi connectivity index (χ2n) is 5.50. The molecule has 5 nitrogen and oxygen atoms in total. The van der Waals surface area contributed by atoms with Crippen molar-refractivity contribution in [3.63, 3.8) is 0 Å². The van der Waals surface area contributed by atoms with Gasteiger partial charge in [-0.05, 0) is 36.4 Å². The number of sulfonamides is 2. The Hall–Kier alpha value is -2.13. The third kappa shape index (κ3) is 4.41. The van der Waals surface area contributed by atoms with Gasteiger partial charge >= 0.3 is 0 Å². The molecule has 0 bridgehead atoms. The average molecular weight is 420 g/mol. The van der Waals surface area contributed by atoms with E-state index in [2.05, 4.69) is 0 Å². The number of nitrogens with zero attached hydrogens (tertiary/aromatic N) is 1. The summed E-state index contributed by atoms with van der Waals surface area (Å²) in [6, 6.07) is 24.2. The van der Waals surface area contributed by atoms with Crippen molar-refractivity contribution in [1.29, 1.82) is 0 Å². The van der Waals surface area contributed by atoms with Crippen molar-refractivity contribution < 1.29 is 16.8 Å². The molecule has 0 saturated carbocycles.